The summed E-state index contributed by atoms with van der Waals surface area (Å²) in [5.41, 5.74) is 3.10. The van der Waals surface area contributed by atoms with Gasteiger partial charge in [-0.1, -0.05) is 0 Å². The van der Waals surface area contributed by atoms with E-state index in [1.54, 1.807) is 30.2 Å². The molecule has 0 atom stereocenters. The molecule has 2 aromatic heterocycles. The fourth-order valence-corrected chi connectivity index (χ4v) is 1.67. The van der Waals surface area contributed by atoms with Gasteiger partial charge in [-0.3, -0.25) is 10.0 Å². The lowest BCUT2D eigenvalue weighted by molar-refractivity contribution is -0.129. The van der Waals surface area contributed by atoms with Gasteiger partial charge in [0, 0.05) is 19.0 Å². The zero-order valence-electron chi connectivity index (χ0n) is 10.1. The van der Waals surface area contributed by atoms with Crippen molar-refractivity contribution in [3.05, 3.63) is 17.6 Å². The minimum atomic E-state index is -0.436. The molecule has 8 nitrogen and oxygen atoms in total. The third-order valence-corrected chi connectivity index (χ3v) is 2.52. The van der Waals surface area contributed by atoms with Crippen LogP contribution in [0.15, 0.2) is 6.20 Å². The van der Waals surface area contributed by atoms with Crippen LogP contribution in [-0.4, -0.2) is 37.7 Å². The number of aryl methyl sites for hydroxylation is 2. The number of anilines is 1. The number of carbonyl (C=O) groups is 1. The lowest BCUT2D eigenvalue weighted by atomic mass is 10.2. The van der Waals surface area contributed by atoms with Crippen LogP contribution in [-0.2, 0) is 11.2 Å². The van der Waals surface area contributed by atoms with Crippen LogP contribution >= 0.6 is 0 Å². The number of hydrogen-bond acceptors (Lipinski definition) is 6. The van der Waals surface area contributed by atoms with E-state index in [2.05, 4.69) is 20.4 Å². The molecule has 0 aliphatic rings. The van der Waals surface area contributed by atoms with Crippen molar-refractivity contribution in [1.82, 2.24) is 25.1 Å². The first-order chi connectivity index (χ1) is 8.65. The molecular formula is C10H14N6O2. The second kappa shape index (κ2) is 4.96. The van der Waals surface area contributed by atoms with Gasteiger partial charge in [0.1, 0.15) is 5.82 Å². The Kier molecular flexibility index (Phi) is 3.38. The van der Waals surface area contributed by atoms with E-state index in [-0.39, 0.29) is 6.42 Å². The highest BCUT2D eigenvalue weighted by atomic mass is 16.5. The Morgan fingerprint density at radius 3 is 2.94 bits per heavy atom. The average Bonchev–Trinajstić information content (AvgIpc) is 2.77. The van der Waals surface area contributed by atoms with Crippen LogP contribution in [0, 0.1) is 6.92 Å². The summed E-state index contributed by atoms with van der Waals surface area (Å²) in [6.07, 6.45) is 2.28. The molecule has 2 rings (SSSR count). The van der Waals surface area contributed by atoms with E-state index >= 15 is 0 Å². The number of hydrogen-bond donors (Lipinski definition) is 3. The largest absolute Gasteiger partial charge is 0.357 e. The van der Waals surface area contributed by atoms with Crippen LogP contribution in [0.4, 0.5) is 5.95 Å². The second-order valence-electron chi connectivity index (χ2n) is 3.78. The Morgan fingerprint density at radius 1 is 1.50 bits per heavy atom. The number of aromatic nitrogens is 4. The molecule has 0 saturated heterocycles. The molecule has 0 aliphatic heterocycles. The van der Waals surface area contributed by atoms with Crippen LogP contribution in [0.3, 0.4) is 0 Å². The van der Waals surface area contributed by atoms with Crippen molar-refractivity contribution in [3.63, 3.8) is 0 Å². The molecule has 0 aliphatic carbocycles. The molecule has 0 unspecified atom stereocenters. The molecule has 3 N–H and O–H groups in total. The maximum atomic E-state index is 11.0. The predicted molar refractivity (Wildman–Crippen MR) is 63.3 cm³/mol. The third-order valence-electron chi connectivity index (χ3n) is 2.52. The summed E-state index contributed by atoms with van der Waals surface area (Å²) >= 11 is 0. The SMILES string of the molecule is CNc1nc(C)nc2c(CCC(=O)NO)cnn12. The van der Waals surface area contributed by atoms with Gasteiger partial charge in [-0.05, 0) is 13.3 Å². The molecule has 0 fully saturated rings. The number of nitrogens with one attached hydrogen (secondary N) is 2. The van der Waals surface area contributed by atoms with E-state index in [0.29, 0.717) is 23.8 Å². The summed E-state index contributed by atoms with van der Waals surface area (Å²) in [5.74, 6) is 0.782. The first-order valence-electron chi connectivity index (χ1n) is 5.47. The lowest BCUT2D eigenvalue weighted by Crippen LogP contribution is -2.18. The van der Waals surface area contributed by atoms with Gasteiger partial charge >= 0.3 is 0 Å². The van der Waals surface area contributed by atoms with Gasteiger partial charge < -0.3 is 5.32 Å². The monoisotopic (exact) mass is 250 g/mol. The number of amides is 1. The first-order valence-corrected chi connectivity index (χ1v) is 5.47. The van der Waals surface area contributed by atoms with Crippen LogP contribution in [0.2, 0.25) is 0 Å². The highest BCUT2D eigenvalue weighted by molar-refractivity contribution is 5.75. The highest BCUT2D eigenvalue weighted by Gasteiger charge is 2.11. The Hall–Kier alpha value is -2.22. The van der Waals surface area contributed by atoms with Gasteiger partial charge in [0.05, 0.1) is 6.20 Å². The zero-order valence-corrected chi connectivity index (χ0v) is 10.1. The zero-order chi connectivity index (χ0) is 13.1. The van der Waals surface area contributed by atoms with Gasteiger partial charge in [0.15, 0.2) is 5.65 Å². The van der Waals surface area contributed by atoms with Gasteiger partial charge in [-0.25, -0.2) is 10.5 Å². The van der Waals surface area contributed by atoms with Crippen LogP contribution < -0.4 is 10.8 Å². The molecule has 18 heavy (non-hydrogen) atoms. The van der Waals surface area contributed by atoms with Gasteiger partial charge in [0.25, 0.3) is 0 Å². The van der Waals surface area contributed by atoms with Gasteiger partial charge in [-0.15, -0.1) is 0 Å². The molecule has 1 amide bonds. The maximum absolute atomic E-state index is 11.0. The van der Waals surface area contributed by atoms with Crippen molar-refractivity contribution >= 4 is 17.5 Å². The summed E-state index contributed by atoms with van der Waals surface area (Å²) in [4.78, 5) is 19.5. The van der Waals surface area contributed by atoms with Crippen molar-refractivity contribution in [2.75, 3.05) is 12.4 Å². The van der Waals surface area contributed by atoms with Crippen molar-refractivity contribution in [2.45, 2.75) is 19.8 Å². The fourth-order valence-electron chi connectivity index (χ4n) is 1.67. The van der Waals surface area contributed by atoms with Gasteiger partial charge in [0.2, 0.25) is 11.9 Å². The Bertz CT molecular complexity index is 579. The number of carbonyl (C=O) groups excluding carboxylic acids is 1. The highest BCUT2D eigenvalue weighted by Crippen LogP contribution is 2.14. The smallest absolute Gasteiger partial charge is 0.243 e. The molecule has 0 saturated carbocycles. The van der Waals surface area contributed by atoms with Crippen molar-refractivity contribution in [3.8, 4) is 0 Å². The first kappa shape index (κ1) is 12.2. The second-order valence-corrected chi connectivity index (χ2v) is 3.78. The van der Waals surface area contributed by atoms with E-state index in [1.165, 1.54) is 0 Å². The number of fused-ring (bicyclic) bond motifs is 1. The van der Waals surface area contributed by atoms with Crippen molar-refractivity contribution in [1.29, 1.82) is 0 Å². The molecular weight excluding hydrogens is 236 g/mol. The standard InChI is InChI=1S/C10H14N6O2/c1-6-13-9-7(3-4-8(17)15-18)5-12-16(9)10(11-2)14-6/h5,18H,3-4H2,1-2H3,(H,15,17)(H,11,13,14). The summed E-state index contributed by atoms with van der Waals surface area (Å²) in [6, 6.07) is 0. The van der Waals surface area contributed by atoms with Gasteiger partial charge in [-0.2, -0.15) is 14.6 Å². The van der Waals surface area contributed by atoms with E-state index in [0.717, 1.165) is 5.56 Å². The average molecular weight is 250 g/mol. The molecule has 0 radical (unpaired) electrons. The molecule has 2 aromatic rings. The molecule has 2 heterocycles. The Balaban J connectivity index is 2.35. The van der Waals surface area contributed by atoms with Crippen LogP contribution in [0.5, 0.6) is 0 Å². The predicted octanol–water partition coefficient (Wildman–Crippen LogP) is -0.0876. The quantitative estimate of drug-likeness (QED) is 0.517. The topological polar surface area (TPSA) is 104 Å². The Morgan fingerprint density at radius 2 is 2.28 bits per heavy atom. The van der Waals surface area contributed by atoms with Crippen LogP contribution in [0.1, 0.15) is 17.8 Å². The third kappa shape index (κ3) is 2.23. The van der Waals surface area contributed by atoms with E-state index < -0.39 is 5.91 Å². The van der Waals surface area contributed by atoms with E-state index in [4.69, 9.17) is 5.21 Å². The number of rotatable bonds is 4. The van der Waals surface area contributed by atoms with Crippen LogP contribution in [0.25, 0.3) is 5.65 Å². The molecule has 8 heteroatoms. The van der Waals surface area contributed by atoms with E-state index in [9.17, 15) is 4.79 Å². The molecule has 0 spiro atoms. The normalized spacial score (nSPS) is 10.6. The molecule has 0 bridgehead atoms. The summed E-state index contributed by atoms with van der Waals surface area (Å²) < 4.78 is 1.58. The minimum absolute atomic E-state index is 0.176. The summed E-state index contributed by atoms with van der Waals surface area (Å²) in [6.45, 7) is 1.79. The Labute approximate surface area is 103 Å². The lowest BCUT2D eigenvalue weighted by Gasteiger charge is -2.04. The fraction of sp³-hybridized carbons (Fsp3) is 0.400. The summed E-state index contributed by atoms with van der Waals surface area (Å²) in [7, 11) is 1.75. The maximum Gasteiger partial charge on any atom is 0.243 e. The molecule has 0 aromatic carbocycles. The van der Waals surface area contributed by atoms with Crippen molar-refractivity contribution in [2.24, 2.45) is 0 Å². The van der Waals surface area contributed by atoms with Crippen molar-refractivity contribution < 1.29 is 10.0 Å². The van der Waals surface area contributed by atoms with E-state index in [1.807, 2.05) is 0 Å². The summed E-state index contributed by atoms with van der Waals surface area (Å²) in [5, 5.41) is 15.5. The number of hydroxylamine groups is 1. The minimum Gasteiger partial charge on any atom is -0.357 e. The molecule has 96 valence electrons. The number of nitrogens with zero attached hydrogens (tertiary/aromatic N) is 4.